The number of anilines is 1. The minimum absolute atomic E-state index is 0.0535. The van der Waals surface area contributed by atoms with Gasteiger partial charge in [-0.05, 0) is 38.1 Å². The molecule has 0 saturated carbocycles. The Morgan fingerprint density at radius 2 is 1.70 bits per heavy atom. The fourth-order valence-electron chi connectivity index (χ4n) is 2.29. The molecule has 0 heterocycles. The van der Waals surface area contributed by atoms with Gasteiger partial charge in [-0.15, -0.1) is 0 Å². The number of benzene rings is 1. The van der Waals surface area contributed by atoms with Gasteiger partial charge >= 0.3 is 0 Å². The molecule has 0 radical (unpaired) electrons. The van der Waals surface area contributed by atoms with Gasteiger partial charge in [-0.2, -0.15) is 0 Å². The van der Waals surface area contributed by atoms with E-state index in [1.54, 1.807) is 6.07 Å². The molecule has 4 N–H and O–H groups in total. The van der Waals surface area contributed by atoms with Gasteiger partial charge in [0.05, 0.1) is 5.56 Å². The lowest BCUT2D eigenvalue weighted by Gasteiger charge is -2.20. The molecule has 5 heteroatoms. The summed E-state index contributed by atoms with van der Waals surface area (Å²) in [6.45, 7) is 8.32. The topological polar surface area (TPSA) is 89.4 Å². The zero-order valence-corrected chi connectivity index (χ0v) is 12.4. The first-order valence-electron chi connectivity index (χ1n) is 6.86. The molecule has 1 amide bonds. The highest BCUT2D eigenvalue weighted by Crippen LogP contribution is 2.23. The van der Waals surface area contributed by atoms with Gasteiger partial charge < -0.3 is 16.4 Å². The van der Waals surface area contributed by atoms with Crippen molar-refractivity contribution in [3.8, 4) is 0 Å². The monoisotopic (exact) mass is 277 g/mol. The Morgan fingerprint density at radius 3 is 2.15 bits per heavy atom. The summed E-state index contributed by atoms with van der Waals surface area (Å²) < 4.78 is 0. The van der Waals surface area contributed by atoms with E-state index in [-0.39, 0.29) is 11.3 Å². The zero-order chi connectivity index (χ0) is 15.3. The van der Waals surface area contributed by atoms with Crippen molar-refractivity contribution in [2.45, 2.75) is 27.2 Å². The number of hydrogen-bond donors (Lipinski definition) is 2. The highest BCUT2D eigenvalue weighted by Gasteiger charge is 2.17. The first kappa shape index (κ1) is 16.2. The fourth-order valence-corrected chi connectivity index (χ4v) is 2.29. The lowest BCUT2D eigenvalue weighted by atomic mass is 9.95. The maximum Gasteiger partial charge on any atom is 0.250 e. The number of rotatable bonds is 7. The van der Waals surface area contributed by atoms with E-state index in [9.17, 15) is 9.59 Å². The van der Waals surface area contributed by atoms with Crippen LogP contribution in [0.15, 0.2) is 12.1 Å². The average Bonchev–Trinajstić information content (AvgIpc) is 2.40. The fraction of sp³-hybridized carbons (Fsp3) is 0.467. The number of nitrogens with two attached hydrogens (primary N) is 2. The number of nitrogens with zero attached hydrogens (tertiary/aromatic N) is 1. The zero-order valence-electron chi connectivity index (χ0n) is 12.4. The lowest BCUT2D eigenvalue weighted by molar-refractivity contribution is 0.0993. The third-order valence-electron chi connectivity index (χ3n) is 3.57. The summed E-state index contributed by atoms with van der Waals surface area (Å²) in [6, 6.07) is 3.16. The van der Waals surface area contributed by atoms with Crippen LogP contribution in [0.3, 0.4) is 0 Å². The molecule has 0 atom stereocenters. The minimum atomic E-state index is -0.568. The second-order valence-corrected chi connectivity index (χ2v) is 4.75. The molecule has 0 aliphatic carbocycles. The molecular weight excluding hydrogens is 254 g/mol. The van der Waals surface area contributed by atoms with Crippen LogP contribution in [0.1, 0.15) is 47.1 Å². The number of carbonyl (C=O) groups is 2. The Bertz CT molecular complexity index is 508. The predicted octanol–water partition coefficient (Wildman–Crippen LogP) is 1.45. The summed E-state index contributed by atoms with van der Waals surface area (Å²) in [4.78, 5) is 25.3. The molecule has 1 aromatic carbocycles. The third kappa shape index (κ3) is 3.57. The van der Waals surface area contributed by atoms with Crippen LogP contribution < -0.4 is 11.5 Å². The number of hydrogen-bond acceptors (Lipinski definition) is 4. The van der Waals surface area contributed by atoms with Crippen LogP contribution in [-0.4, -0.2) is 36.2 Å². The van der Waals surface area contributed by atoms with E-state index >= 15 is 0 Å². The van der Waals surface area contributed by atoms with Crippen molar-refractivity contribution in [1.82, 2.24) is 4.90 Å². The molecule has 0 aliphatic heterocycles. The molecule has 1 aromatic rings. The molecule has 20 heavy (non-hydrogen) atoms. The molecule has 0 bridgehead atoms. The van der Waals surface area contributed by atoms with Gasteiger partial charge in [-0.3, -0.25) is 9.59 Å². The van der Waals surface area contributed by atoms with Crippen molar-refractivity contribution >= 4 is 17.4 Å². The average molecular weight is 277 g/mol. The van der Waals surface area contributed by atoms with Gasteiger partial charge in [0.25, 0.3) is 5.91 Å². The van der Waals surface area contributed by atoms with Gasteiger partial charge in [0.2, 0.25) is 0 Å². The maximum atomic E-state index is 11.7. The second kappa shape index (κ2) is 7.05. The normalized spacial score (nSPS) is 10.8. The standard InChI is InChI=1S/C15H23N3O2/c1-4-18(5-2)9-8-12-11(10(3)19)6-7-13(14(12)16)15(17)20/h6-7H,4-5,8-9,16H2,1-3H3,(H2,17,20). The van der Waals surface area contributed by atoms with E-state index < -0.39 is 5.91 Å². The molecular formula is C15H23N3O2. The summed E-state index contributed by atoms with van der Waals surface area (Å²) in [5, 5.41) is 0. The highest BCUT2D eigenvalue weighted by atomic mass is 16.1. The lowest BCUT2D eigenvalue weighted by Crippen LogP contribution is -2.26. The molecule has 0 fully saturated rings. The third-order valence-corrected chi connectivity index (χ3v) is 3.57. The largest absolute Gasteiger partial charge is 0.398 e. The molecule has 0 spiro atoms. The minimum Gasteiger partial charge on any atom is -0.398 e. The van der Waals surface area contributed by atoms with Crippen molar-refractivity contribution in [2.24, 2.45) is 5.73 Å². The summed E-state index contributed by atoms with van der Waals surface area (Å²) >= 11 is 0. The van der Waals surface area contributed by atoms with E-state index in [0.717, 1.165) is 25.2 Å². The van der Waals surface area contributed by atoms with Crippen LogP contribution in [0, 0.1) is 0 Å². The van der Waals surface area contributed by atoms with Gasteiger partial charge in [0.15, 0.2) is 5.78 Å². The second-order valence-electron chi connectivity index (χ2n) is 4.75. The summed E-state index contributed by atoms with van der Waals surface area (Å²) in [6.07, 6.45) is 0.629. The Hall–Kier alpha value is -1.88. The van der Waals surface area contributed by atoms with Crippen LogP contribution in [0.4, 0.5) is 5.69 Å². The van der Waals surface area contributed by atoms with Crippen LogP contribution in [-0.2, 0) is 6.42 Å². The molecule has 110 valence electrons. The number of amides is 1. The van der Waals surface area contributed by atoms with Gasteiger partial charge in [0.1, 0.15) is 0 Å². The van der Waals surface area contributed by atoms with Crippen molar-refractivity contribution in [2.75, 3.05) is 25.4 Å². The Labute approximate surface area is 119 Å². The molecule has 0 aromatic heterocycles. The smallest absolute Gasteiger partial charge is 0.250 e. The molecule has 1 rings (SSSR count). The molecule has 5 nitrogen and oxygen atoms in total. The highest BCUT2D eigenvalue weighted by molar-refractivity contribution is 6.03. The van der Waals surface area contributed by atoms with Crippen molar-refractivity contribution in [1.29, 1.82) is 0 Å². The Balaban J connectivity index is 3.15. The van der Waals surface area contributed by atoms with Crippen molar-refractivity contribution < 1.29 is 9.59 Å². The number of ketones is 1. The van der Waals surface area contributed by atoms with E-state index in [1.807, 2.05) is 0 Å². The molecule has 0 aliphatic rings. The Kier molecular flexibility index (Phi) is 5.70. The van der Waals surface area contributed by atoms with Gasteiger partial charge in [-0.1, -0.05) is 19.9 Å². The summed E-state index contributed by atoms with van der Waals surface area (Å²) in [7, 11) is 0. The van der Waals surface area contributed by atoms with Crippen LogP contribution in [0.2, 0.25) is 0 Å². The Morgan fingerprint density at radius 1 is 1.15 bits per heavy atom. The maximum absolute atomic E-state index is 11.7. The molecule has 0 unspecified atom stereocenters. The van der Waals surface area contributed by atoms with E-state index in [2.05, 4.69) is 18.7 Å². The van der Waals surface area contributed by atoms with E-state index in [1.165, 1.54) is 13.0 Å². The number of nitrogen functional groups attached to an aromatic ring is 1. The quantitative estimate of drug-likeness (QED) is 0.583. The number of Topliss-reactive ketones (excluding diaryl/α,β-unsaturated/α-hetero) is 1. The first-order valence-corrected chi connectivity index (χ1v) is 6.86. The predicted molar refractivity (Wildman–Crippen MR) is 80.9 cm³/mol. The van der Waals surface area contributed by atoms with Crippen LogP contribution in [0.25, 0.3) is 0 Å². The van der Waals surface area contributed by atoms with E-state index in [4.69, 9.17) is 11.5 Å². The SMILES string of the molecule is CCN(CC)CCc1c(C(C)=O)ccc(C(N)=O)c1N. The molecule has 0 saturated heterocycles. The number of primary amides is 1. The first-order chi connectivity index (χ1) is 9.42. The van der Waals surface area contributed by atoms with Crippen molar-refractivity contribution in [3.05, 3.63) is 28.8 Å². The summed E-state index contributed by atoms with van der Waals surface area (Å²) in [5.74, 6) is -0.621. The summed E-state index contributed by atoms with van der Waals surface area (Å²) in [5.41, 5.74) is 13.2. The van der Waals surface area contributed by atoms with Crippen LogP contribution >= 0.6 is 0 Å². The van der Waals surface area contributed by atoms with Gasteiger partial charge in [0, 0.05) is 17.8 Å². The number of likely N-dealkylation sites (N-methyl/N-ethyl adjacent to an activating group) is 1. The van der Waals surface area contributed by atoms with Gasteiger partial charge in [-0.25, -0.2) is 0 Å². The number of carbonyl (C=O) groups excluding carboxylic acids is 2. The van der Waals surface area contributed by atoms with Crippen LogP contribution in [0.5, 0.6) is 0 Å². The van der Waals surface area contributed by atoms with Crippen molar-refractivity contribution in [3.63, 3.8) is 0 Å². The van der Waals surface area contributed by atoms with E-state index in [0.29, 0.717) is 17.7 Å².